The minimum Gasteiger partial charge on any atom is -0.339 e. The fourth-order valence-electron chi connectivity index (χ4n) is 1.50. The van der Waals surface area contributed by atoms with Crippen molar-refractivity contribution in [2.75, 3.05) is 40.3 Å². The van der Waals surface area contributed by atoms with E-state index in [1.54, 1.807) is 0 Å². The van der Waals surface area contributed by atoms with Gasteiger partial charge in [-0.25, -0.2) is 0 Å². The molecule has 1 N–H and O–H groups in total. The zero-order valence-corrected chi connectivity index (χ0v) is 8.71. The summed E-state index contributed by atoms with van der Waals surface area (Å²) in [7, 11) is 3.90. The normalized spacial score (nSPS) is 25.3. The molecule has 1 fully saturated rings. The van der Waals surface area contributed by atoms with E-state index in [-0.39, 0.29) is 11.9 Å². The minimum atomic E-state index is 0.0469. The number of likely N-dealkylation sites (N-methyl/N-ethyl adjacent to an activating group) is 2. The number of nitrogens with zero attached hydrogens (tertiary/aromatic N) is 2. The molecule has 0 aromatic carbocycles. The van der Waals surface area contributed by atoms with Crippen LogP contribution in [-0.4, -0.2) is 62.0 Å². The molecule has 0 aromatic heterocycles. The monoisotopic (exact) mass is 185 g/mol. The van der Waals surface area contributed by atoms with Crippen molar-refractivity contribution in [1.29, 1.82) is 0 Å². The highest BCUT2D eigenvalue weighted by Gasteiger charge is 2.28. The number of piperazine rings is 1. The van der Waals surface area contributed by atoms with Crippen LogP contribution in [0.3, 0.4) is 0 Å². The molecule has 1 heterocycles. The number of nitrogens with one attached hydrogen (secondary N) is 1. The van der Waals surface area contributed by atoms with Crippen LogP contribution >= 0.6 is 0 Å². The van der Waals surface area contributed by atoms with Gasteiger partial charge in [0.05, 0.1) is 6.04 Å². The van der Waals surface area contributed by atoms with Crippen molar-refractivity contribution in [3.05, 3.63) is 0 Å². The molecule has 1 aliphatic heterocycles. The van der Waals surface area contributed by atoms with Gasteiger partial charge in [-0.3, -0.25) is 9.69 Å². The molecule has 13 heavy (non-hydrogen) atoms. The molecule has 0 saturated carbocycles. The van der Waals surface area contributed by atoms with Crippen LogP contribution in [0.2, 0.25) is 0 Å². The first-order valence-electron chi connectivity index (χ1n) is 4.80. The lowest BCUT2D eigenvalue weighted by Crippen LogP contribution is -2.55. The van der Waals surface area contributed by atoms with E-state index >= 15 is 0 Å². The molecule has 1 saturated heterocycles. The smallest absolute Gasteiger partial charge is 0.239 e. The van der Waals surface area contributed by atoms with E-state index in [0.29, 0.717) is 0 Å². The van der Waals surface area contributed by atoms with Crippen LogP contribution in [0.1, 0.15) is 6.92 Å². The molecular weight excluding hydrogens is 166 g/mol. The molecule has 4 nitrogen and oxygen atoms in total. The fraction of sp³-hybridized carbons (Fsp3) is 0.889. The molecule has 4 heteroatoms. The molecule has 76 valence electrons. The Bertz CT molecular complexity index is 182. The summed E-state index contributed by atoms with van der Waals surface area (Å²) in [5.41, 5.74) is 0. The summed E-state index contributed by atoms with van der Waals surface area (Å²) in [6.45, 7) is 5.52. The van der Waals surface area contributed by atoms with E-state index < -0.39 is 0 Å². The molecule has 0 aromatic rings. The number of hydrogen-bond donors (Lipinski definition) is 1. The van der Waals surface area contributed by atoms with E-state index in [2.05, 4.69) is 10.2 Å². The first-order valence-corrected chi connectivity index (χ1v) is 4.80. The van der Waals surface area contributed by atoms with Crippen LogP contribution in [0.4, 0.5) is 0 Å². The molecule has 1 unspecified atom stereocenters. The number of hydrogen-bond acceptors (Lipinski definition) is 3. The Labute approximate surface area is 79.9 Å². The molecule has 1 amide bonds. The van der Waals surface area contributed by atoms with Crippen LogP contribution in [0.25, 0.3) is 0 Å². The summed E-state index contributed by atoms with van der Waals surface area (Å²) in [5, 5.41) is 3.05. The molecular formula is C9H19N3O. The predicted octanol–water partition coefficient (Wildman–Crippen LogP) is -0.632. The Kier molecular flexibility index (Phi) is 3.69. The van der Waals surface area contributed by atoms with Gasteiger partial charge in [0, 0.05) is 26.2 Å². The lowest BCUT2D eigenvalue weighted by molar-refractivity contribution is -0.139. The number of carbonyl (C=O) groups excluding carboxylic acids is 1. The summed E-state index contributed by atoms with van der Waals surface area (Å²) in [6.07, 6.45) is 0. The molecule has 1 atom stereocenters. The van der Waals surface area contributed by atoms with Gasteiger partial charge in [0.2, 0.25) is 5.91 Å². The van der Waals surface area contributed by atoms with E-state index in [0.717, 1.165) is 26.2 Å². The van der Waals surface area contributed by atoms with Gasteiger partial charge in [0.25, 0.3) is 0 Å². The fourth-order valence-corrected chi connectivity index (χ4v) is 1.50. The predicted molar refractivity (Wildman–Crippen MR) is 52.6 cm³/mol. The maximum absolute atomic E-state index is 11.7. The van der Waals surface area contributed by atoms with Crippen molar-refractivity contribution < 1.29 is 4.79 Å². The van der Waals surface area contributed by atoms with Crippen LogP contribution in [0.15, 0.2) is 0 Å². The summed E-state index contributed by atoms with van der Waals surface area (Å²) in [4.78, 5) is 15.7. The zero-order chi connectivity index (χ0) is 9.84. The van der Waals surface area contributed by atoms with E-state index in [9.17, 15) is 4.79 Å². The average molecular weight is 185 g/mol. The van der Waals surface area contributed by atoms with Crippen LogP contribution in [-0.2, 0) is 4.79 Å². The number of amides is 1. The Hall–Kier alpha value is -0.610. The van der Waals surface area contributed by atoms with Gasteiger partial charge in [-0.2, -0.15) is 0 Å². The molecule has 0 radical (unpaired) electrons. The van der Waals surface area contributed by atoms with E-state index in [1.807, 2.05) is 25.9 Å². The highest BCUT2D eigenvalue weighted by Crippen LogP contribution is 2.07. The summed E-state index contributed by atoms with van der Waals surface area (Å²) < 4.78 is 0. The largest absolute Gasteiger partial charge is 0.339 e. The Balaban J connectivity index is 2.44. The standard InChI is InChI=1S/C9H19N3O/c1-8-9(13)12(5-4-10-2)7-6-11(8)3/h8,10H,4-7H2,1-3H3. The van der Waals surface area contributed by atoms with Gasteiger partial charge >= 0.3 is 0 Å². The van der Waals surface area contributed by atoms with Gasteiger partial charge in [-0.05, 0) is 21.0 Å². The van der Waals surface area contributed by atoms with Gasteiger partial charge in [-0.1, -0.05) is 0 Å². The summed E-state index contributed by atoms with van der Waals surface area (Å²) in [6, 6.07) is 0.0469. The molecule has 1 aliphatic rings. The van der Waals surface area contributed by atoms with Crippen LogP contribution in [0.5, 0.6) is 0 Å². The average Bonchev–Trinajstić information content (AvgIpc) is 2.13. The van der Waals surface area contributed by atoms with Gasteiger partial charge in [0.15, 0.2) is 0 Å². The van der Waals surface area contributed by atoms with Gasteiger partial charge < -0.3 is 10.2 Å². The van der Waals surface area contributed by atoms with Crippen molar-refractivity contribution in [2.24, 2.45) is 0 Å². The number of rotatable bonds is 3. The Morgan fingerprint density at radius 1 is 1.54 bits per heavy atom. The first-order chi connectivity index (χ1) is 6.16. The molecule has 0 bridgehead atoms. The minimum absolute atomic E-state index is 0.0469. The van der Waals surface area contributed by atoms with Crippen molar-refractivity contribution in [3.63, 3.8) is 0 Å². The quantitative estimate of drug-likeness (QED) is 0.636. The second kappa shape index (κ2) is 4.58. The lowest BCUT2D eigenvalue weighted by atomic mass is 10.2. The second-order valence-corrected chi connectivity index (χ2v) is 3.59. The van der Waals surface area contributed by atoms with Crippen LogP contribution < -0.4 is 5.32 Å². The van der Waals surface area contributed by atoms with E-state index in [4.69, 9.17) is 0 Å². The Morgan fingerprint density at radius 3 is 2.85 bits per heavy atom. The van der Waals surface area contributed by atoms with Crippen molar-refractivity contribution >= 4 is 5.91 Å². The topological polar surface area (TPSA) is 35.6 Å². The third-order valence-corrected chi connectivity index (χ3v) is 2.68. The van der Waals surface area contributed by atoms with Crippen molar-refractivity contribution in [3.8, 4) is 0 Å². The third kappa shape index (κ3) is 2.42. The maximum Gasteiger partial charge on any atom is 0.239 e. The Morgan fingerprint density at radius 2 is 2.23 bits per heavy atom. The third-order valence-electron chi connectivity index (χ3n) is 2.68. The highest BCUT2D eigenvalue weighted by molar-refractivity contribution is 5.82. The highest BCUT2D eigenvalue weighted by atomic mass is 16.2. The molecule has 0 spiro atoms. The zero-order valence-electron chi connectivity index (χ0n) is 8.71. The van der Waals surface area contributed by atoms with Crippen LogP contribution in [0, 0.1) is 0 Å². The second-order valence-electron chi connectivity index (χ2n) is 3.59. The maximum atomic E-state index is 11.7. The van der Waals surface area contributed by atoms with Crippen molar-refractivity contribution in [1.82, 2.24) is 15.1 Å². The molecule has 0 aliphatic carbocycles. The van der Waals surface area contributed by atoms with Crippen molar-refractivity contribution in [2.45, 2.75) is 13.0 Å². The van der Waals surface area contributed by atoms with Gasteiger partial charge in [0.1, 0.15) is 0 Å². The summed E-state index contributed by atoms with van der Waals surface area (Å²) in [5.74, 6) is 0.254. The first kappa shape index (κ1) is 10.5. The summed E-state index contributed by atoms with van der Waals surface area (Å²) >= 11 is 0. The van der Waals surface area contributed by atoms with Gasteiger partial charge in [-0.15, -0.1) is 0 Å². The van der Waals surface area contributed by atoms with E-state index in [1.165, 1.54) is 0 Å². The lowest BCUT2D eigenvalue weighted by Gasteiger charge is -2.36. The SMILES string of the molecule is CNCCN1CCN(C)C(C)C1=O. The number of carbonyl (C=O) groups is 1. The molecule has 1 rings (SSSR count).